The van der Waals surface area contributed by atoms with E-state index >= 15 is 0 Å². The summed E-state index contributed by atoms with van der Waals surface area (Å²) in [6.07, 6.45) is 7.15. The number of benzene rings is 1. The number of H-pyrrole nitrogens is 1. The average molecular weight is 328 g/mol. The number of aromatic amines is 1. The topological polar surface area (TPSA) is 62.4 Å². The number of para-hydroxylation sites is 1. The molecule has 2 heterocycles. The summed E-state index contributed by atoms with van der Waals surface area (Å²) < 4.78 is 5.13. The Kier molecular flexibility index (Phi) is 5.51. The molecule has 0 saturated carbocycles. The molecule has 0 atom stereocenters. The van der Waals surface area contributed by atoms with Crippen LogP contribution in [0.1, 0.15) is 37.7 Å². The number of aromatic nitrogens is 1. The molecule has 1 aromatic carbocycles. The van der Waals surface area contributed by atoms with Crippen LogP contribution in [0.15, 0.2) is 30.5 Å². The van der Waals surface area contributed by atoms with Gasteiger partial charge in [-0.2, -0.15) is 0 Å². The van der Waals surface area contributed by atoms with Crippen molar-refractivity contribution < 1.29 is 14.3 Å². The van der Waals surface area contributed by atoms with Crippen LogP contribution in [0.4, 0.5) is 0 Å². The van der Waals surface area contributed by atoms with Gasteiger partial charge >= 0.3 is 5.97 Å². The summed E-state index contributed by atoms with van der Waals surface area (Å²) in [7, 11) is 0. The maximum atomic E-state index is 12.0. The van der Waals surface area contributed by atoms with Crippen molar-refractivity contribution in [3.63, 3.8) is 0 Å². The van der Waals surface area contributed by atoms with Gasteiger partial charge in [-0.1, -0.05) is 18.2 Å². The first kappa shape index (κ1) is 16.6. The van der Waals surface area contributed by atoms with Crippen LogP contribution in [0.2, 0.25) is 0 Å². The largest absolute Gasteiger partial charge is 0.456 e. The lowest BCUT2D eigenvalue weighted by atomic mass is 10.1. The van der Waals surface area contributed by atoms with Crippen molar-refractivity contribution in [1.82, 2.24) is 9.88 Å². The van der Waals surface area contributed by atoms with E-state index < -0.39 is 0 Å². The fourth-order valence-electron chi connectivity index (χ4n) is 3.21. The molecule has 1 fully saturated rings. The van der Waals surface area contributed by atoms with Crippen molar-refractivity contribution in [3.05, 3.63) is 36.0 Å². The third kappa shape index (κ3) is 4.16. The van der Waals surface area contributed by atoms with Crippen LogP contribution in [0.25, 0.3) is 10.9 Å². The summed E-state index contributed by atoms with van der Waals surface area (Å²) in [4.78, 5) is 28.8. The SMILES string of the molecule is O=C(CCCc1c[nH]c2ccccc12)OCC(=O)N1CCCCC1. The van der Waals surface area contributed by atoms with E-state index in [0.29, 0.717) is 6.42 Å². The van der Waals surface area contributed by atoms with Gasteiger partial charge in [0.2, 0.25) is 0 Å². The highest BCUT2D eigenvalue weighted by Gasteiger charge is 2.17. The Bertz CT molecular complexity index is 701. The molecule has 1 aliphatic rings. The Morgan fingerprint density at radius 3 is 2.75 bits per heavy atom. The van der Waals surface area contributed by atoms with Crippen LogP contribution in [0.5, 0.6) is 0 Å². The fraction of sp³-hybridized carbons (Fsp3) is 0.474. The van der Waals surface area contributed by atoms with E-state index in [1.54, 1.807) is 4.90 Å². The predicted octanol–water partition coefficient (Wildman–Crippen LogP) is 3.05. The van der Waals surface area contributed by atoms with Crippen LogP contribution in [0.3, 0.4) is 0 Å². The van der Waals surface area contributed by atoms with Gasteiger partial charge in [0.25, 0.3) is 5.91 Å². The van der Waals surface area contributed by atoms with Crippen molar-refractivity contribution >= 4 is 22.8 Å². The third-order valence-electron chi connectivity index (χ3n) is 4.57. The Morgan fingerprint density at radius 2 is 1.92 bits per heavy atom. The molecule has 0 unspecified atom stereocenters. The molecular weight excluding hydrogens is 304 g/mol. The summed E-state index contributed by atoms with van der Waals surface area (Å²) in [6.45, 7) is 1.46. The van der Waals surface area contributed by atoms with Crippen molar-refractivity contribution in [2.24, 2.45) is 0 Å². The maximum absolute atomic E-state index is 12.0. The number of nitrogens with zero attached hydrogens (tertiary/aromatic N) is 1. The van der Waals surface area contributed by atoms with Crippen molar-refractivity contribution in [3.8, 4) is 0 Å². The Morgan fingerprint density at radius 1 is 1.12 bits per heavy atom. The first-order valence-electron chi connectivity index (χ1n) is 8.72. The molecule has 1 aromatic heterocycles. The average Bonchev–Trinajstić information content (AvgIpc) is 3.04. The first-order valence-corrected chi connectivity index (χ1v) is 8.72. The minimum absolute atomic E-state index is 0.0697. The van der Waals surface area contributed by atoms with E-state index in [-0.39, 0.29) is 18.5 Å². The predicted molar refractivity (Wildman–Crippen MR) is 92.6 cm³/mol. The Balaban J connectivity index is 1.38. The molecule has 24 heavy (non-hydrogen) atoms. The van der Waals surface area contributed by atoms with E-state index in [1.165, 1.54) is 17.4 Å². The number of fused-ring (bicyclic) bond motifs is 1. The highest BCUT2D eigenvalue weighted by molar-refractivity contribution is 5.83. The Hall–Kier alpha value is -2.30. The van der Waals surface area contributed by atoms with E-state index in [0.717, 1.165) is 44.3 Å². The lowest BCUT2D eigenvalue weighted by Crippen LogP contribution is -2.38. The zero-order chi connectivity index (χ0) is 16.8. The van der Waals surface area contributed by atoms with E-state index in [4.69, 9.17) is 4.74 Å². The summed E-state index contributed by atoms with van der Waals surface area (Å²) in [6, 6.07) is 8.13. The molecule has 0 aliphatic carbocycles. The fourth-order valence-corrected chi connectivity index (χ4v) is 3.21. The number of rotatable bonds is 6. The lowest BCUT2D eigenvalue weighted by Gasteiger charge is -2.26. The molecule has 2 aromatic rings. The van der Waals surface area contributed by atoms with Gasteiger partial charge < -0.3 is 14.6 Å². The number of carbonyl (C=O) groups excluding carboxylic acids is 2. The van der Waals surface area contributed by atoms with Crippen LogP contribution >= 0.6 is 0 Å². The zero-order valence-electron chi connectivity index (χ0n) is 13.9. The highest BCUT2D eigenvalue weighted by atomic mass is 16.5. The molecule has 0 bridgehead atoms. The van der Waals surface area contributed by atoms with Gasteiger partial charge in [-0.25, -0.2) is 0 Å². The van der Waals surface area contributed by atoms with E-state index in [2.05, 4.69) is 11.1 Å². The number of hydrogen-bond acceptors (Lipinski definition) is 3. The van der Waals surface area contributed by atoms with Crippen LogP contribution in [-0.2, 0) is 20.7 Å². The molecule has 1 aliphatic heterocycles. The van der Waals surface area contributed by atoms with Gasteiger partial charge in [0, 0.05) is 36.6 Å². The third-order valence-corrected chi connectivity index (χ3v) is 4.57. The molecule has 128 valence electrons. The van der Waals surface area contributed by atoms with Gasteiger partial charge in [0.1, 0.15) is 0 Å². The number of piperidine rings is 1. The molecule has 0 spiro atoms. The summed E-state index contributed by atoms with van der Waals surface area (Å²) in [5, 5.41) is 1.20. The van der Waals surface area contributed by atoms with Crippen LogP contribution < -0.4 is 0 Å². The van der Waals surface area contributed by atoms with E-state index in [1.807, 2.05) is 24.4 Å². The zero-order valence-corrected chi connectivity index (χ0v) is 13.9. The summed E-state index contributed by atoms with van der Waals surface area (Å²) in [5.74, 6) is -0.361. The van der Waals surface area contributed by atoms with Gasteiger partial charge in [-0.3, -0.25) is 9.59 Å². The monoisotopic (exact) mass is 328 g/mol. The van der Waals surface area contributed by atoms with Gasteiger partial charge in [-0.15, -0.1) is 0 Å². The number of amides is 1. The number of ether oxygens (including phenoxy) is 1. The quantitative estimate of drug-likeness (QED) is 0.829. The molecule has 1 amide bonds. The molecule has 3 rings (SSSR count). The minimum atomic E-state index is -0.291. The number of nitrogens with one attached hydrogen (secondary N) is 1. The standard InChI is InChI=1S/C19H24N2O3/c22-18(21-11-4-1-5-12-21)14-24-19(23)10-6-7-15-13-20-17-9-3-2-8-16(15)17/h2-3,8-9,13,20H,1,4-7,10-12,14H2. The number of likely N-dealkylation sites (tertiary alicyclic amines) is 1. The molecule has 1 N–H and O–H groups in total. The Labute approximate surface area is 142 Å². The van der Waals surface area contributed by atoms with Crippen molar-refractivity contribution in [2.45, 2.75) is 38.5 Å². The van der Waals surface area contributed by atoms with Gasteiger partial charge in [0.05, 0.1) is 0 Å². The smallest absolute Gasteiger partial charge is 0.306 e. The van der Waals surface area contributed by atoms with Crippen molar-refractivity contribution in [1.29, 1.82) is 0 Å². The van der Waals surface area contributed by atoms with Crippen LogP contribution in [0, 0.1) is 0 Å². The van der Waals surface area contributed by atoms with E-state index in [9.17, 15) is 9.59 Å². The number of hydrogen-bond donors (Lipinski definition) is 1. The molecular formula is C19H24N2O3. The number of carbonyl (C=O) groups is 2. The molecule has 5 nitrogen and oxygen atoms in total. The second kappa shape index (κ2) is 7.99. The minimum Gasteiger partial charge on any atom is -0.456 e. The molecule has 1 saturated heterocycles. The highest BCUT2D eigenvalue weighted by Crippen LogP contribution is 2.19. The lowest BCUT2D eigenvalue weighted by molar-refractivity contribution is -0.152. The number of esters is 1. The maximum Gasteiger partial charge on any atom is 0.306 e. The summed E-state index contributed by atoms with van der Waals surface area (Å²) >= 11 is 0. The van der Waals surface area contributed by atoms with Crippen molar-refractivity contribution in [2.75, 3.05) is 19.7 Å². The van der Waals surface area contributed by atoms with Gasteiger partial charge in [0.15, 0.2) is 6.61 Å². The second-order valence-corrected chi connectivity index (χ2v) is 6.32. The van der Waals surface area contributed by atoms with Crippen LogP contribution in [-0.4, -0.2) is 41.5 Å². The normalized spacial score (nSPS) is 14.8. The summed E-state index contributed by atoms with van der Waals surface area (Å²) in [5.41, 5.74) is 2.32. The first-order chi connectivity index (χ1) is 11.7. The second-order valence-electron chi connectivity index (χ2n) is 6.32. The molecule has 5 heteroatoms. The van der Waals surface area contributed by atoms with Gasteiger partial charge in [-0.05, 0) is 43.7 Å². The number of aryl methyl sites for hydroxylation is 1. The molecule has 0 radical (unpaired) electrons.